The summed E-state index contributed by atoms with van der Waals surface area (Å²) in [7, 11) is 1.36. The van der Waals surface area contributed by atoms with E-state index in [-0.39, 0.29) is 0 Å². The lowest BCUT2D eigenvalue weighted by Gasteiger charge is -2.41. The molecule has 27 heavy (non-hydrogen) atoms. The highest BCUT2D eigenvalue weighted by molar-refractivity contribution is 5.95. The number of hydrogen-bond donors (Lipinski definition) is 4. The zero-order chi connectivity index (χ0) is 19.4. The standard InChI is InChI=1S/C20H23NO6/c1-26-20-16(18(24)17(23)15(11-22)27-20)21-19(25)14-9-5-8-13(10-14)12-6-3-2-4-7-12/h2-10,15-18,20,22-24H,11H2,1H3,(H,21,25)/t15-,16-,17-,18-,20?/m1/s1. The van der Waals surface area contributed by atoms with Crippen LogP contribution < -0.4 is 5.32 Å². The molecular weight excluding hydrogens is 350 g/mol. The van der Waals surface area contributed by atoms with Crippen LogP contribution in [0.2, 0.25) is 0 Å². The van der Waals surface area contributed by atoms with E-state index in [9.17, 15) is 20.1 Å². The first kappa shape index (κ1) is 19.5. The molecule has 4 N–H and O–H groups in total. The van der Waals surface area contributed by atoms with Gasteiger partial charge in [-0.1, -0.05) is 42.5 Å². The van der Waals surface area contributed by atoms with Gasteiger partial charge in [0.2, 0.25) is 0 Å². The molecule has 1 unspecified atom stereocenters. The Kier molecular flexibility index (Phi) is 6.20. The molecule has 7 heteroatoms. The highest BCUT2D eigenvalue weighted by Crippen LogP contribution is 2.23. The zero-order valence-electron chi connectivity index (χ0n) is 14.9. The van der Waals surface area contributed by atoms with Gasteiger partial charge in [-0.05, 0) is 23.3 Å². The second kappa shape index (κ2) is 8.60. The van der Waals surface area contributed by atoms with Gasteiger partial charge in [0.25, 0.3) is 5.91 Å². The van der Waals surface area contributed by atoms with Crippen LogP contribution in [-0.2, 0) is 9.47 Å². The Morgan fingerprint density at radius 2 is 1.78 bits per heavy atom. The summed E-state index contributed by atoms with van der Waals surface area (Å²) in [5, 5.41) is 32.3. The lowest BCUT2D eigenvalue weighted by molar-refractivity contribution is -0.261. The average Bonchev–Trinajstić information content (AvgIpc) is 2.72. The van der Waals surface area contributed by atoms with Crippen LogP contribution >= 0.6 is 0 Å². The quantitative estimate of drug-likeness (QED) is 0.609. The van der Waals surface area contributed by atoms with Crippen molar-refractivity contribution >= 4 is 5.91 Å². The summed E-state index contributed by atoms with van der Waals surface area (Å²) >= 11 is 0. The van der Waals surface area contributed by atoms with Crippen molar-refractivity contribution in [3.8, 4) is 11.1 Å². The number of aliphatic hydroxyl groups excluding tert-OH is 3. The lowest BCUT2D eigenvalue weighted by Crippen LogP contribution is -2.64. The van der Waals surface area contributed by atoms with E-state index in [1.165, 1.54) is 7.11 Å². The lowest BCUT2D eigenvalue weighted by atomic mass is 9.96. The first-order chi connectivity index (χ1) is 13.0. The number of rotatable bonds is 5. The number of hydrogen-bond acceptors (Lipinski definition) is 6. The van der Waals surface area contributed by atoms with Crippen LogP contribution in [0.1, 0.15) is 10.4 Å². The smallest absolute Gasteiger partial charge is 0.251 e. The van der Waals surface area contributed by atoms with Gasteiger partial charge in [0.05, 0.1) is 6.61 Å². The van der Waals surface area contributed by atoms with Gasteiger partial charge in [-0.15, -0.1) is 0 Å². The normalized spacial score (nSPS) is 27.9. The second-order valence-corrected chi connectivity index (χ2v) is 6.39. The summed E-state index contributed by atoms with van der Waals surface area (Å²) in [6.45, 7) is -0.474. The van der Waals surface area contributed by atoms with Crippen molar-refractivity contribution in [1.29, 1.82) is 0 Å². The number of ether oxygens (including phenoxy) is 2. The monoisotopic (exact) mass is 373 g/mol. The van der Waals surface area contributed by atoms with Gasteiger partial charge in [-0.2, -0.15) is 0 Å². The predicted octanol–water partition coefficient (Wildman–Crippen LogP) is 0.537. The van der Waals surface area contributed by atoms with Crippen LogP contribution in [0.15, 0.2) is 54.6 Å². The second-order valence-electron chi connectivity index (χ2n) is 6.39. The van der Waals surface area contributed by atoms with E-state index in [2.05, 4.69) is 5.32 Å². The summed E-state index contributed by atoms with van der Waals surface area (Å²) in [6.07, 6.45) is -4.68. The Labute approximate surface area is 157 Å². The van der Waals surface area contributed by atoms with E-state index in [1.54, 1.807) is 18.2 Å². The zero-order valence-corrected chi connectivity index (χ0v) is 14.9. The van der Waals surface area contributed by atoms with E-state index >= 15 is 0 Å². The summed E-state index contributed by atoms with van der Waals surface area (Å²) in [4.78, 5) is 12.7. The van der Waals surface area contributed by atoms with Crippen LogP contribution in [-0.4, -0.2) is 65.6 Å². The molecule has 0 aromatic heterocycles. The third kappa shape index (κ3) is 4.18. The number of benzene rings is 2. The molecule has 1 aliphatic rings. The molecule has 1 heterocycles. The van der Waals surface area contributed by atoms with Crippen molar-refractivity contribution in [1.82, 2.24) is 5.32 Å². The molecule has 1 aliphatic heterocycles. The molecule has 1 saturated heterocycles. The number of carbonyl (C=O) groups excluding carboxylic acids is 1. The van der Waals surface area contributed by atoms with Gasteiger partial charge in [0.15, 0.2) is 6.29 Å². The maximum absolute atomic E-state index is 12.7. The molecular formula is C20H23NO6. The van der Waals surface area contributed by atoms with E-state index in [1.807, 2.05) is 36.4 Å². The summed E-state index contributed by atoms with van der Waals surface area (Å²) in [5.74, 6) is -0.433. The maximum Gasteiger partial charge on any atom is 0.251 e. The van der Waals surface area contributed by atoms with E-state index in [0.29, 0.717) is 5.56 Å². The van der Waals surface area contributed by atoms with E-state index in [4.69, 9.17) is 9.47 Å². The number of carbonyl (C=O) groups is 1. The largest absolute Gasteiger partial charge is 0.394 e. The molecule has 0 aliphatic carbocycles. The molecule has 7 nitrogen and oxygen atoms in total. The highest BCUT2D eigenvalue weighted by atomic mass is 16.7. The van der Waals surface area contributed by atoms with Gasteiger partial charge < -0.3 is 30.1 Å². The van der Waals surface area contributed by atoms with Crippen LogP contribution in [0.3, 0.4) is 0 Å². The fraction of sp³-hybridized carbons (Fsp3) is 0.350. The predicted molar refractivity (Wildman–Crippen MR) is 97.9 cm³/mol. The molecule has 2 aromatic rings. The van der Waals surface area contributed by atoms with Crippen LogP contribution in [0.25, 0.3) is 11.1 Å². The number of aliphatic hydroxyl groups is 3. The summed E-state index contributed by atoms with van der Waals surface area (Å²) < 4.78 is 10.6. The molecule has 0 radical (unpaired) electrons. The third-order valence-electron chi connectivity index (χ3n) is 4.64. The van der Waals surface area contributed by atoms with Crippen molar-refractivity contribution in [2.75, 3.05) is 13.7 Å². The van der Waals surface area contributed by atoms with Crippen molar-refractivity contribution in [2.45, 2.75) is 30.6 Å². The molecule has 5 atom stereocenters. The van der Waals surface area contributed by atoms with Gasteiger partial charge in [-0.3, -0.25) is 4.79 Å². The first-order valence-corrected chi connectivity index (χ1v) is 8.66. The molecule has 1 fully saturated rings. The molecule has 3 rings (SSSR count). The molecule has 2 aromatic carbocycles. The fourth-order valence-corrected chi connectivity index (χ4v) is 3.14. The molecule has 0 saturated carbocycles. The van der Waals surface area contributed by atoms with Crippen LogP contribution in [0.4, 0.5) is 0 Å². The Balaban J connectivity index is 1.78. The van der Waals surface area contributed by atoms with Gasteiger partial charge in [0, 0.05) is 12.7 Å². The fourth-order valence-electron chi connectivity index (χ4n) is 3.14. The SMILES string of the molecule is COC1O[C@H](CO)[C@@H](O)[C@H](O)[C@H]1NC(=O)c1cccc(-c2ccccc2)c1. The minimum absolute atomic E-state index is 0.400. The van der Waals surface area contributed by atoms with Gasteiger partial charge >= 0.3 is 0 Å². The van der Waals surface area contributed by atoms with Crippen LogP contribution in [0, 0.1) is 0 Å². The molecule has 1 amide bonds. The Morgan fingerprint density at radius 3 is 2.44 bits per heavy atom. The first-order valence-electron chi connectivity index (χ1n) is 8.66. The molecule has 0 spiro atoms. The molecule has 0 bridgehead atoms. The topological polar surface area (TPSA) is 108 Å². The van der Waals surface area contributed by atoms with Gasteiger partial charge in [-0.25, -0.2) is 0 Å². The molecule has 144 valence electrons. The Hall–Kier alpha value is -2.29. The van der Waals surface area contributed by atoms with Crippen LogP contribution in [0.5, 0.6) is 0 Å². The average molecular weight is 373 g/mol. The van der Waals surface area contributed by atoms with E-state index in [0.717, 1.165) is 11.1 Å². The van der Waals surface area contributed by atoms with E-state index < -0.39 is 43.2 Å². The van der Waals surface area contributed by atoms with Crippen molar-refractivity contribution in [3.63, 3.8) is 0 Å². The summed E-state index contributed by atoms with van der Waals surface area (Å²) in [5.41, 5.74) is 2.26. The Bertz CT molecular complexity index is 766. The highest BCUT2D eigenvalue weighted by Gasteiger charge is 2.45. The summed E-state index contributed by atoms with van der Waals surface area (Å²) in [6, 6.07) is 15.7. The Morgan fingerprint density at radius 1 is 1.07 bits per heavy atom. The van der Waals surface area contributed by atoms with Crippen molar-refractivity contribution < 1.29 is 29.6 Å². The van der Waals surface area contributed by atoms with Gasteiger partial charge in [0.1, 0.15) is 24.4 Å². The third-order valence-corrected chi connectivity index (χ3v) is 4.64. The number of nitrogens with one attached hydrogen (secondary N) is 1. The van der Waals surface area contributed by atoms with Crippen molar-refractivity contribution in [2.24, 2.45) is 0 Å². The van der Waals surface area contributed by atoms with Crippen molar-refractivity contribution in [3.05, 3.63) is 60.2 Å². The number of methoxy groups -OCH3 is 1. The maximum atomic E-state index is 12.7. The minimum Gasteiger partial charge on any atom is -0.394 e. The number of amides is 1. The minimum atomic E-state index is -1.35.